The molecule has 1 aromatic rings. The number of hydrogen-bond acceptors (Lipinski definition) is 4. The van der Waals surface area contributed by atoms with Gasteiger partial charge in [0, 0.05) is 0 Å². The minimum atomic E-state index is -3.82. The van der Waals surface area contributed by atoms with Crippen molar-refractivity contribution in [3.8, 4) is 11.8 Å². The summed E-state index contributed by atoms with van der Waals surface area (Å²) in [5, 5.41) is 7.28. The molecular formula is C9H10NNaO3S. The van der Waals surface area contributed by atoms with Crippen molar-refractivity contribution in [2.45, 2.75) is 12.2 Å². The van der Waals surface area contributed by atoms with Gasteiger partial charge in [0.15, 0.2) is 5.25 Å². The van der Waals surface area contributed by atoms with Gasteiger partial charge in [-0.2, -0.15) is 13.7 Å². The molecule has 1 unspecified atom stereocenters. The zero-order valence-corrected chi connectivity index (χ0v) is 8.36. The molecule has 15 heavy (non-hydrogen) atoms. The summed E-state index contributed by atoms with van der Waals surface area (Å²) in [4.78, 5) is 0. The van der Waals surface area contributed by atoms with Crippen molar-refractivity contribution in [1.29, 1.82) is 5.26 Å². The van der Waals surface area contributed by atoms with Crippen LogP contribution < -0.4 is 4.18 Å². The SMILES string of the molecule is CC(C#N)S(=O)(=O)Oc1ccccc1.[NaH]. The van der Waals surface area contributed by atoms with Crippen LogP contribution in [0.2, 0.25) is 0 Å². The molecular weight excluding hydrogens is 225 g/mol. The summed E-state index contributed by atoms with van der Waals surface area (Å²) >= 11 is 0. The number of nitriles is 1. The van der Waals surface area contributed by atoms with Gasteiger partial charge in [-0.1, -0.05) is 18.2 Å². The fraction of sp³-hybridized carbons (Fsp3) is 0.222. The molecule has 0 aromatic heterocycles. The maximum absolute atomic E-state index is 11.3. The number of para-hydroxylation sites is 1. The van der Waals surface area contributed by atoms with Crippen LogP contribution in [0.15, 0.2) is 30.3 Å². The summed E-state index contributed by atoms with van der Waals surface area (Å²) in [7, 11) is -3.82. The van der Waals surface area contributed by atoms with Gasteiger partial charge in [-0.25, -0.2) is 0 Å². The summed E-state index contributed by atoms with van der Waals surface area (Å²) in [5.74, 6) is 0.217. The van der Waals surface area contributed by atoms with Gasteiger partial charge in [-0.15, -0.1) is 0 Å². The summed E-state index contributed by atoms with van der Waals surface area (Å²) in [5.41, 5.74) is 0. The first-order chi connectivity index (χ1) is 6.56. The molecule has 0 bridgehead atoms. The van der Waals surface area contributed by atoms with Crippen molar-refractivity contribution in [3.63, 3.8) is 0 Å². The molecule has 0 N–H and O–H groups in total. The van der Waals surface area contributed by atoms with Gasteiger partial charge in [0.2, 0.25) is 0 Å². The first-order valence-electron chi connectivity index (χ1n) is 3.94. The minimum absolute atomic E-state index is 0. The Morgan fingerprint density at radius 3 is 2.33 bits per heavy atom. The van der Waals surface area contributed by atoms with E-state index in [-0.39, 0.29) is 35.3 Å². The molecule has 0 aliphatic heterocycles. The molecule has 0 heterocycles. The molecule has 1 rings (SSSR count). The van der Waals surface area contributed by atoms with Gasteiger partial charge in [0.05, 0.1) is 6.07 Å². The number of nitrogens with zero attached hydrogens (tertiary/aromatic N) is 1. The van der Waals surface area contributed by atoms with Crippen molar-refractivity contribution in [1.82, 2.24) is 0 Å². The van der Waals surface area contributed by atoms with Crippen LogP contribution in [0, 0.1) is 11.3 Å². The second-order valence-electron chi connectivity index (χ2n) is 2.66. The Hall–Kier alpha value is -0.540. The van der Waals surface area contributed by atoms with E-state index in [0.29, 0.717) is 0 Å². The topological polar surface area (TPSA) is 67.2 Å². The number of rotatable bonds is 3. The Labute approximate surface area is 111 Å². The van der Waals surface area contributed by atoms with Crippen LogP contribution in [-0.2, 0) is 10.1 Å². The van der Waals surface area contributed by atoms with Crippen LogP contribution in [0.25, 0.3) is 0 Å². The molecule has 0 fully saturated rings. The summed E-state index contributed by atoms with van der Waals surface area (Å²) in [6, 6.07) is 9.70. The second-order valence-corrected chi connectivity index (χ2v) is 4.52. The van der Waals surface area contributed by atoms with E-state index in [0.717, 1.165) is 0 Å². The molecule has 0 aliphatic rings. The van der Waals surface area contributed by atoms with E-state index >= 15 is 0 Å². The molecule has 76 valence electrons. The van der Waals surface area contributed by atoms with E-state index in [1.165, 1.54) is 19.1 Å². The average Bonchev–Trinajstić information content (AvgIpc) is 2.17. The van der Waals surface area contributed by atoms with Crippen molar-refractivity contribution >= 4 is 39.7 Å². The Kier molecular flexibility index (Phi) is 5.91. The predicted octanol–water partition coefficient (Wildman–Crippen LogP) is 0.659. The first kappa shape index (κ1) is 14.5. The second kappa shape index (κ2) is 6.13. The molecule has 0 radical (unpaired) electrons. The van der Waals surface area contributed by atoms with Crippen molar-refractivity contribution in [3.05, 3.63) is 30.3 Å². The third-order valence-corrected chi connectivity index (χ3v) is 2.97. The Morgan fingerprint density at radius 1 is 1.33 bits per heavy atom. The zero-order chi connectivity index (χ0) is 10.6. The average molecular weight is 235 g/mol. The van der Waals surface area contributed by atoms with E-state index in [1.54, 1.807) is 24.3 Å². The molecule has 0 aliphatic carbocycles. The fourth-order valence-corrected chi connectivity index (χ4v) is 1.40. The third kappa shape index (κ3) is 4.22. The molecule has 1 aromatic carbocycles. The maximum atomic E-state index is 11.3. The summed E-state index contributed by atoms with van der Waals surface area (Å²) < 4.78 is 27.3. The van der Waals surface area contributed by atoms with E-state index in [2.05, 4.69) is 0 Å². The zero-order valence-electron chi connectivity index (χ0n) is 7.54. The van der Waals surface area contributed by atoms with Crippen molar-refractivity contribution in [2.75, 3.05) is 0 Å². The Morgan fingerprint density at radius 2 is 1.87 bits per heavy atom. The van der Waals surface area contributed by atoms with E-state index in [1.807, 2.05) is 0 Å². The normalized spacial score (nSPS) is 12.0. The quantitative estimate of drug-likeness (QED) is 0.570. The van der Waals surface area contributed by atoms with Gasteiger partial charge in [0.1, 0.15) is 5.75 Å². The summed E-state index contributed by atoms with van der Waals surface area (Å²) in [6.45, 7) is 1.28. The predicted molar refractivity (Wildman–Crippen MR) is 58.2 cm³/mol. The molecule has 6 heteroatoms. The van der Waals surface area contributed by atoms with Crippen LogP contribution >= 0.6 is 0 Å². The molecule has 4 nitrogen and oxygen atoms in total. The van der Waals surface area contributed by atoms with Gasteiger partial charge in [0.25, 0.3) is 0 Å². The monoisotopic (exact) mass is 235 g/mol. The molecule has 0 saturated heterocycles. The molecule has 0 saturated carbocycles. The Bertz CT molecular complexity index is 438. The van der Waals surface area contributed by atoms with Crippen LogP contribution in [-0.4, -0.2) is 43.2 Å². The third-order valence-electron chi connectivity index (χ3n) is 1.57. The van der Waals surface area contributed by atoms with Crippen LogP contribution in [0.4, 0.5) is 0 Å². The van der Waals surface area contributed by atoms with Crippen LogP contribution in [0.5, 0.6) is 5.75 Å². The number of hydrogen-bond donors (Lipinski definition) is 0. The van der Waals surface area contributed by atoms with Gasteiger partial charge in [-0.3, -0.25) is 0 Å². The van der Waals surface area contributed by atoms with Gasteiger partial charge < -0.3 is 4.18 Å². The standard InChI is InChI=1S/C9H9NO3S.Na.H/c1-8(7-10)14(11,12)13-9-5-3-2-4-6-9;;/h2-6,8H,1H3;;. The van der Waals surface area contributed by atoms with Crippen LogP contribution in [0.1, 0.15) is 6.92 Å². The van der Waals surface area contributed by atoms with Crippen LogP contribution in [0.3, 0.4) is 0 Å². The summed E-state index contributed by atoms with van der Waals surface area (Å²) in [6.07, 6.45) is 0. The first-order valence-corrected chi connectivity index (χ1v) is 5.41. The molecule has 0 amide bonds. The Balaban J connectivity index is 0.00000196. The van der Waals surface area contributed by atoms with E-state index in [9.17, 15) is 8.42 Å². The van der Waals surface area contributed by atoms with Gasteiger partial charge >= 0.3 is 39.7 Å². The van der Waals surface area contributed by atoms with E-state index < -0.39 is 15.4 Å². The van der Waals surface area contributed by atoms with Crippen molar-refractivity contribution < 1.29 is 12.6 Å². The molecule has 0 spiro atoms. The fourth-order valence-electron chi connectivity index (χ4n) is 0.747. The molecule has 1 atom stereocenters. The van der Waals surface area contributed by atoms with Crippen molar-refractivity contribution in [2.24, 2.45) is 0 Å². The van der Waals surface area contributed by atoms with Gasteiger partial charge in [-0.05, 0) is 19.1 Å². The van der Waals surface area contributed by atoms with E-state index in [4.69, 9.17) is 9.44 Å². The number of benzene rings is 1.